The summed E-state index contributed by atoms with van der Waals surface area (Å²) in [6.45, 7) is 4.69. The van der Waals surface area contributed by atoms with Crippen molar-refractivity contribution in [3.8, 4) is 0 Å². The SMILES string of the molecule is CC(C)c1cccc(NC(=O)CSc2nnc(C3CC3)n2CCC(N)=O)c1. The van der Waals surface area contributed by atoms with Crippen LogP contribution in [-0.4, -0.2) is 32.3 Å². The Kier molecular flexibility index (Phi) is 6.15. The van der Waals surface area contributed by atoms with Gasteiger partial charge in [-0.15, -0.1) is 10.2 Å². The van der Waals surface area contributed by atoms with Crippen molar-refractivity contribution >= 4 is 29.3 Å². The number of hydrogen-bond acceptors (Lipinski definition) is 5. The highest BCUT2D eigenvalue weighted by atomic mass is 32.2. The third-order valence-electron chi connectivity index (χ3n) is 4.44. The number of nitrogens with two attached hydrogens (primary N) is 1. The minimum absolute atomic E-state index is 0.0988. The molecule has 1 aliphatic carbocycles. The number of hydrogen-bond donors (Lipinski definition) is 2. The quantitative estimate of drug-likeness (QED) is 0.644. The van der Waals surface area contributed by atoms with Crippen molar-refractivity contribution < 1.29 is 9.59 Å². The minimum atomic E-state index is -0.357. The van der Waals surface area contributed by atoms with Gasteiger partial charge in [-0.2, -0.15) is 0 Å². The first-order valence-corrected chi connectivity index (χ1v) is 10.2. The molecule has 0 atom stereocenters. The Morgan fingerprint density at radius 3 is 2.78 bits per heavy atom. The van der Waals surface area contributed by atoms with Gasteiger partial charge < -0.3 is 15.6 Å². The molecule has 7 nitrogen and oxygen atoms in total. The molecule has 8 heteroatoms. The van der Waals surface area contributed by atoms with E-state index in [1.165, 1.54) is 17.3 Å². The smallest absolute Gasteiger partial charge is 0.234 e. The number of benzene rings is 1. The largest absolute Gasteiger partial charge is 0.370 e. The van der Waals surface area contributed by atoms with Gasteiger partial charge in [0.05, 0.1) is 5.75 Å². The Bertz CT molecular complexity index is 829. The van der Waals surface area contributed by atoms with Crippen LogP contribution in [0.1, 0.15) is 56.3 Å². The second kappa shape index (κ2) is 8.56. The van der Waals surface area contributed by atoms with Gasteiger partial charge in [0.25, 0.3) is 0 Å². The average Bonchev–Trinajstić information content (AvgIpc) is 3.39. The van der Waals surface area contributed by atoms with Crippen LogP contribution in [-0.2, 0) is 16.1 Å². The van der Waals surface area contributed by atoms with Crippen molar-refractivity contribution in [2.45, 2.75) is 56.6 Å². The number of nitrogens with zero attached hydrogens (tertiary/aromatic N) is 3. The Balaban J connectivity index is 1.61. The van der Waals surface area contributed by atoms with Gasteiger partial charge in [-0.3, -0.25) is 9.59 Å². The summed E-state index contributed by atoms with van der Waals surface area (Å²) in [4.78, 5) is 23.5. The van der Waals surface area contributed by atoms with E-state index in [2.05, 4.69) is 35.4 Å². The number of nitrogens with one attached hydrogen (secondary N) is 1. The Hall–Kier alpha value is -2.35. The van der Waals surface area contributed by atoms with Crippen LogP contribution < -0.4 is 11.1 Å². The lowest BCUT2D eigenvalue weighted by molar-refractivity contribution is -0.118. The summed E-state index contributed by atoms with van der Waals surface area (Å²) in [7, 11) is 0. The Labute approximate surface area is 163 Å². The normalized spacial score (nSPS) is 13.7. The summed E-state index contributed by atoms with van der Waals surface area (Å²) in [6, 6.07) is 7.87. The highest BCUT2D eigenvalue weighted by molar-refractivity contribution is 7.99. The van der Waals surface area contributed by atoms with Gasteiger partial charge in [0.1, 0.15) is 5.82 Å². The molecule has 144 valence electrons. The van der Waals surface area contributed by atoms with Crippen molar-refractivity contribution in [3.05, 3.63) is 35.7 Å². The van der Waals surface area contributed by atoms with E-state index in [0.717, 1.165) is 24.4 Å². The molecule has 0 spiro atoms. The summed E-state index contributed by atoms with van der Waals surface area (Å²) >= 11 is 1.33. The van der Waals surface area contributed by atoms with Gasteiger partial charge in [-0.25, -0.2) is 0 Å². The lowest BCUT2D eigenvalue weighted by Crippen LogP contribution is -2.17. The van der Waals surface area contributed by atoms with Crippen molar-refractivity contribution in [1.82, 2.24) is 14.8 Å². The van der Waals surface area contributed by atoms with Crippen LogP contribution in [0.15, 0.2) is 29.4 Å². The van der Waals surface area contributed by atoms with Crippen LogP contribution in [0.25, 0.3) is 0 Å². The second-order valence-corrected chi connectivity index (χ2v) is 8.04. The van der Waals surface area contributed by atoms with Gasteiger partial charge in [0, 0.05) is 24.6 Å². The standard InChI is InChI=1S/C19H25N5O2S/c1-12(2)14-4-3-5-15(10-14)21-17(26)11-27-19-23-22-18(13-6-7-13)24(19)9-8-16(20)25/h3-5,10,12-13H,6-9,11H2,1-2H3,(H2,20,25)(H,21,26). The predicted octanol–water partition coefficient (Wildman–Crippen LogP) is 2.89. The molecule has 1 aromatic carbocycles. The molecule has 1 aromatic heterocycles. The van der Waals surface area contributed by atoms with Crippen LogP contribution in [0.5, 0.6) is 0 Å². The number of anilines is 1. The lowest BCUT2D eigenvalue weighted by atomic mass is 10.0. The maximum atomic E-state index is 12.3. The topological polar surface area (TPSA) is 103 Å². The summed E-state index contributed by atoms with van der Waals surface area (Å²) in [5.41, 5.74) is 7.25. The molecule has 1 aliphatic rings. The third kappa shape index (κ3) is 5.32. The van der Waals surface area contributed by atoms with Crippen LogP contribution in [0.3, 0.4) is 0 Å². The van der Waals surface area contributed by atoms with Crippen LogP contribution in [0.4, 0.5) is 5.69 Å². The van der Waals surface area contributed by atoms with E-state index in [-0.39, 0.29) is 24.0 Å². The van der Waals surface area contributed by atoms with E-state index >= 15 is 0 Å². The number of carbonyl (C=O) groups is 2. The van der Waals surface area contributed by atoms with Crippen LogP contribution in [0.2, 0.25) is 0 Å². The van der Waals surface area contributed by atoms with E-state index in [1.807, 2.05) is 22.8 Å². The zero-order chi connectivity index (χ0) is 19.4. The zero-order valence-corrected chi connectivity index (χ0v) is 16.5. The maximum Gasteiger partial charge on any atom is 0.234 e. The minimum Gasteiger partial charge on any atom is -0.370 e. The molecule has 27 heavy (non-hydrogen) atoms. The van der Waals surface area contributed by atoms with Crippen molar-refractivity contribution in [1.29, 1.82) is 0 Å². The molecule has 0 unspecified atom stereocenters. The molecule has 0 radical (unpaired) electrons. The molecular weight excluding hydrogens is 362 g/mol. The summed E-state index contributed by atoms with van der Waals surface area (Å²) in [6.07, 6.45) is 2.41. The summed E-state index contributed by atoms with van der Waals surface area (Å²) in [5.74, 6) is 1.48. The highest BCUT2D eigenvalue weighted by Crippen LogP contribution is 2.40. The number of thioether (sulfide) groups is 1. The molecule has 0 saturated heterocycles. The van der Waals surface area contributed by atoms with Crippen LogP contribution >= 0.6 is 11.8 Å². The predicted molar refractivity (Wildman–Crippen MR) is 106 cm³/mol. The van der Waals surface area contributed by atoms with Gasteiger partial charge in [0.2, 0.25) is 11.8 Å². The monoisotopic (exact) mass is 387 g/mol. The fraction of sp³-hybridized carbons (Fsp3) is 0.474. The molecule has 1 saturated carbocycles. The molecule has 1 heterocycles. The summed E-state index contributed by atoms with van der Waals surface area (Å²) < 4.78 is 1.93. The first-order chi connectivity index (χ1) is 12.9. The number of carbonyl (C=O) groups excluding carboxylic acids is 2. The van der Waals surface area contributed by atoms with Crippen molar-refractivity contribution in [3.63, 3.8) is 0 Å². The molecule has 0 aliphatic heterocycles. The number of primary amides is 1. The molecule has 2 aromatic rings. The zero-order valence-electron chi connectivity index (χ0n) is 15.6. The first-order valence-electron chi connectivity index (χ1n) is 9.18. The molecule has 3 N–H and O–H groups in total. The van der Waals surface area contributed by atoms with Gasteiger partial charge >= 0.3 is 0 Å². The fourth-order valence-corrected chi connectivity index (χ4v) is 3.56. The highest BCUT2D eigenvalue weighted by Gasteiger charge is 2.30. The van der Waals surface area contributed by atoms with E-state index in [1.54, 1.807) is 0 Å². The van der Waals surface area contributed by atoms with E-state index in [9.17, 15) is 9.59 Å². The van der Waals surface area contributed by atoms with Gasteiger partial charge in [-0.05, 0) is 36.5 Å². The first kappa shape index (κ1) is 19.4. The Morgan fingerprint density at radius 2 is 2.11 bits per heavy atom. The molecule has 2 amide bonds. The molecular formula is C19H25N5O2S. The van der Waals surface area contributed by atoms with Gasteiger partial charge in [0.15, 0.2) is 5.16 Å². The molecule has 3 rings (SSSR count). The lowest BCUT2D eigenvalue weighted by Gasteiger charge is -2.10. The van der Waals surface area contributed by atoms with Crippen molar-refractivity contribution in [2.24, 2.45) is 5.73 Å². The number of aromatic nitrogens is 3. The fourth-order valence-electron chi connectivity index (χ4n) is 2.79. The van der Waals surface area contributed by atoms with Gasteiger partial charge in [-0.1, -0.05) is 37.7 Å². The maximum absolute atomic E-state index is 12.3. The molecule has 0 bridgehead atoms. The molecule has 1 fully saturated rings. The summed E-state index contributed by atoms with van der Waals surface area (Å²) in [5, 5.41) is 12.1. The van der Waals surface area contributed by atoms with E-state index < -0.39 is 0 Å². The van der Waals surface area contributed by atoms with E-state index in [0.29, 0.717) is 23.5 Å². The second-order valence-electron chi connectivity index (χ2n) is 7.10. The Morgan fingerprint density at radius 1 is 1.33 bits per heavy atom. The van der Waals surface area contributed by atoms with Crippen LogP contribution in [0, 0.1) is 0 Å². The van der Waals surface area contributed by atoms with E-state index in [4.69, 9.17) is 5.73 Å². The van der Waals surface area contributed by atoms with Crippen molar-refractivity contribution in [2.75, 3.05) is 11.1 Å². The number of rotatable bonds is 9. The third-order valence-corrected chi connectivity index (χ3v) is 5.41. The average molecular weight is 388 g/mol. The number of amides is 2.